The first-order valence-corrected chi connectivity index (χ1v) is 7.58. The van der Waals surface area contributed by atoms with Crippen molar-refractivity contribution in [2.45, 2.75) is 52.0 Å². The maximum atomic E-state index is 13.6. The fourth-order valence-corrected chi connectivity index (χ4v) is 3.62. The fourth-order valence-electron chi connectivity index (χ4n) is 3.62. The van der Waals surface area contributed by atoms with E-state index in [2.05, 4.69) is 18.3 Å². The first kappa shape index (κ1) is 14.5. The average molecular weight is 263 g/mol. The SMILES string of the molecule is CCC1CCCC(C(NC)c2cc(C)cc(F)c2)C1. The lowest BCUT2D eigenvalue weighted by atomic mass is 9.75. The van der Waals surface area contributed by atoms with Crippen molar-refractivity contribution < 1.29 is 4.39 Å². The lowest BCUT2D eigenvalue weighted by molar-refractivity contribution is 0.214. The molecule has 2 rings (SSSR count). The zero-order chi connectivity index (χ0) is 13.8. The van der Waals surface area contributed by atoms with E-state index < -0.39 is 0 Å². The van der Waals surface area contributed by atoms with E-state index in [1.54, 1.807) is 12.1 Å². The summed E-state index contributed by atoms with van der Waals surface area (Å²) in [6.45, 7) is 4.25. The van der Waals surface area contributed by atoms with Gasteiger partial charge in [0, 0.05) is 6.04 Å². The minimum Gasteiger partial charge on any atom is -0.313 e. The molecule has 1 aliphatic rings. The van der Waals surface area contributed by atoms with Crippen LogP contribution in [0.1, 0.15) is 56.2 Å². The van der Waals surface area contributed by atoms with Gasteiger partial charge in [0.05, 0.1) is 0 Å². The molecule has 3 atom stereocenters. The molecule has 0 aliphatic heterocycles. The predicted octanol–water partition coefficient (Wildman–Crippen LogP) is 4.61. The number of hydrogen-bond acceptors (Lipinski definition) is 1. The molecule has 2 heteroatoms. The van der Waals surface area contributed by atoms with E-state index in [1.165, 1.54) is 32.1 Å². The van der Waals surface area contributed by atoms with Crippen LogP contribution in [0.3, 0.4) is 0 Å². The first-order chi connectivity index (χ1) is 9.13. The molecular formula is C17H26FN. The van der Waals surface area contributed by atoms with E-state index in [-0.39, 0.29) is 5.82 Å². The van der Waals surface area contributed by atoms with Crippen LogP contribution in [0, 0.1) is 24.6 Å². The van der Waals surface area contributed by atoms with Gasteiger partial charge in [-0.3, -0.25) is 0 Å². The molecular weight excluding hydrogens is 237 g/mol. The molecule has 1 fully saturated rings. The lowest BCUT2D eigenvalue weighted by Gasteiger charge is -2.34. The van der Waals surface area contributed by atoms with Crippen LogP contribution in [-0.4, -0.2) is 7.05 Å². The first-order valence-electron chi connectivity index (χ1n) is 7.58. The van der Waals surface area contributed by atoms with Crippen LogP contribution in [0.4, 0.5) is 4.39 Å². The second kappa shape index (κ2) is 6.51. The Labute approximate surface area is 116 Å². The second-order valence-electron chi connectivity index (χ2n) is 6.03. The number of nitrogens with one attached hydrogen (secondary N) is 1. The van der Waals surface area contributed by atoms with Gasteiger partial charge in [-0.1, -0.05) is 32.3 Å². The molecule has 0 radical (unpaired) electrons. The second-order valence-corrected chi connectivity index (χ2v) is 6.03. The Balaban J connectivity index is 2.18. The van der Waals surface area contributed by atoms with Gasteiger partial charge in [-0.25, -0.2) is 4.39 Å². The summed E-state index contributed by atoms with van der Waals surface area (Å²) in [5.74, 6) is 1.38. The average Bonchev–Trinajstić information content (AvgIpc) is 2.39. The zero-order valence-corrected chi connectivity index (χ0v) is 12.4. The van der Waals surface area contributed by atoms with Crippen molar-refractivity contribution in [1.82, 2.24) is 5.32 Å². The van der Waals surface area contributed by atoms with Gasteiger partial charge < -0.3 is 5.32 Å². The molecule has 0 heterocycles. The Hall–Kier alpha value is -0.890. The maximum absolute atomic E-state index is 13.6. The quantitative estimate of drug-likeness (QED) is 0.836. The van der Waals surface area contributed by atoms with Crippen LogP contribution < -0.4 is 5.32 Å². The van der Waals surface area contributed by atoms with Crippen LogP contribution in [0.2, 0.25) is 0 Å². The minimum absolute atomic E-state index is 0.113. The summed E-state index contributed by atoms with van der Waals surface area (Å²) in [5, 5.41) is 3.42. The fraction of sp³-hybridized carbons (Fsp3) is 0.647. The van der Waals surface area contributed by atoms with Gasteiger partial charge in [-0.05, 0) is 61.9 Å². The normalized spacial score (nSPS) is 25.3. The molecule has 106 valence electrons. The molecule has 1 aromatic carbocycles. The molecule has 1 nitrogen and oxygen atoms in total. The summed E-state index contributed by atoms with van der Waals surface area (Å²) >= 11 is 0. The van der Waals surface area contributed by atoms with Crippen molar-refractivity contribution in [1.29, 1.82) is 0 Å². The number of benzene rings is 1. The van der Waals surface area contributed by atoms with E-state index in [0.29, 0.717) is 12.0 Å². The molecule has 19 heavy (non-hydrogen) atoms. The largest absolute Gasteiger partial charge is 0.313 e. The molecule has 1 N–H and O–H groups in total. The Kier molecular flexibility index (Phi) is 4.98. The molecule has 0 aromatic heterocycles. The van der Waals surface area contributed by atoms with E-state index in [9.17, 15) is 4.39 Å². The molecule has 0 amide bonds. The third-order valence-corrected chi connectivity index (χ3v) is 4.61. The topological polar surface area (TPSA) is 12.0 Å². The highest BCUT2D eigenvalue weighted by atomic mass is 19.1. The predicted molar refractivity (Wildman–Crippen MR) is 78.7 cm³/mol. The Morgan fingerprint density at radius 1 is 1.32 bits per heavy atom. The highest BCUT2D eigenvalue weighted by Crippen LogP contribution is 2.38. The van der Waals surface area contributed by atoms with Gasteiger partial charge in [-0.15, -0.1) is 0 Å². The molecule has 0 saturated heterocycles. The summed E-state index contributed by atoms with van der Waals surface area (Å²) in [6, 6.07) is 5.72. The Morgan fingerprint density at radius 3 is 2.74 bits per heavy atom. The van der Waals surface area contributed by atoms with Crippen molar-refractivity contribution in [2.24, 2.45) is 11.8 Å². The van der Waals surface area contributed by atoms with Crippen molar-refractivity contribution in [3.05, 3.63) is 35.1 Å². The van der Waals surface area contributed by atoms with Crippen LogP contribution in [0.15, 0.2) is 18.2 Å². The summed E-state index contributed by atoms with van der Waals surface area (Å²) < 4.78 is 13.6. The van der Waals surface area contributed by atoms with Gasteiger partial charge in [0.25, 0.3) is 0 Å². The minimum atomic E-state index is -0.113. The van der Waals surface area contributed by atoms with Crippen LogP contribution in [0.5, 0.6) is 0 Å². The summed E-state index contributed by atoms with van der Waals surface area (Å²) in [7, 11) is 2.00. The number of aryl methyl sites for hydroxylation is 1. The molecule has 0 bridgehead atoms. The Morgan fingerprint density at radius 2 is 2.11 bits per heavy atom. The monoisotopic (exact) mass is 263 g/mol. The van der Waals surface area contributed by atoms with Crippen LogP contribution in [0.25, 0.3) is 0 Å². The molecule has 1 aromatic rings. The number of hydrogen-bond donors (Lipinski definition) is 1. The number of rotatable bonds is 4. The highest BCUT2D eigenvalue weighted by Gasteiger charge is 2.28. The van der Waals surface area contributed by atoms with E-state index >= 15 is 0 Å². The van der Waals surface area contributed by atoms with E-state index in [4.69, 9.17) is 0 Å². The van der Waals surface area contributed by atoms with Gasteiger partial charge in [-0.2, -0.15) is 0 Å². The lowest BCUT2D eigenvalue weighted by Crippen LogP contribution is -2.29. The van der Waals surface area contributed by atoms with E-state index in [1.807, 2.05) is 14.0 Å². The summed E-state index contributed by atoms with van der Waals surface area (Å²) in [5.41, 5.74) is 2.12. The zero-order valence-electron chi connectivity index (χ0n) is 12.4. The molecule has 1 saturated carbocycles. The number of halogens is 1. The third-order valence-electron chi connectivity index (χ3n) is 4.61. The van der Waals surface area contributed by atoms with Gasteiger partial charge >= 0.3 is 0 Å². The molecule has 0 spiro atoms. The van der Waals surface area contributed by atoms with Gasteiger partial charge in [0.15, 0.2) is 0 Å². The standard InChI is InChI=1S/C17H26FN/c1-4-13-6-5-7-14(10-13)17(19-3)15-8-12(2)9-16(18)11-15/h8-9,11,13-14,17,19H,4-7,10H2,1-3H3. The van der Waals surface area contributed by atoms with Crippen LogP contribution >= 0.6 is 0 Å². The van der Waals surface area contributed by atoms with Crippen molar-refractivity contribution in [2.75, 3.05) is 7.05 Å². The highest BCUT2D eigenvalue weighted by molar-refractivity contribution is 5.27. The third kappa shape index (κ3) is 3.56. The summed E-state index contributed by atoms with van der Waals surface area (Å²) in [6.07, 6.45) is 6.49. The van der Waals surface area contributed by atoms with Crippen molar-refractivity contribution in [3.63, 3.8) is 0 Å². The smallest absolute Gasteiger partial charge is 0.123 e. The van der Waals surface area contributed by atoms with Crippen molar-refractivity contribution >= 4 is 0 Å². The van der Waals surface area contributed by atoms with Crippen molar-refractivity contribution in [3.8, 4) is 0 Å². The summed E-state index contributed by atoms with van der Waals surface area (Å²) in [4.78, 5) is 0. The molecule has 3 unspecified atom stereocenters. The van der Waals surface area contributed by atoms with Crippen LogP contribution in [-0.2, 0) is 0 Å². The van der Waals surface area contributed by atoms with Gasteiger partial charge in [0.1, 0.15) is 5.82 Å². The molecule has 1 aliphatic carbocycles. The Bertz CT molecular complexity index is 395. The van der Waals surface area contributed by atoms with Gasteiger partial charge in [0.2, 0.25) is 0 Å². The van der Waals surface area contributed by atoms with E-state index in [0.717, 1.165) is 17.0 Å². The maximum Gasteiger partial charge on any atom is 0.123 e.